The second-order valence-electron chi connectivity index (χ2n) is 3.50. The van der Waals surface area contributed by atoms with Crippen LogP contribution in [0.2, 0.25) is 0 Å². The van der Waals surface area contributed by atoms with Gasteiger partial charge in [0.2, 0.25) is 0 Å². The number of anilines is 1. The largest absolute Gasteiger partial charge is 0.396 e. The molecule has 0 saturated heterocycles. The topological polar surface area (TPSA) is 58.0 Å². The first kappa shape index (κ1) is 10.9. The van der Waals surface area contributed by atoms with E-state index in [-0.39, 0.29) is 12.6 Å². The van der Waals surface area contributed by atoms with E-state index < -0.39 is 0 Å². The number of aliphatic hydroxyl groups excluding tert-OH is 1. The summed E-state index contributed by atoms with van der Waals surface area (Å²) in [5, 5.41) is 12.0. The Morgan fingerprint density at radius 1 is 1.50 bits per heavy atom. The molecule has 0 saturated carbocycles. The van der Waals surface area contributed by atoms with E-state index in [0.717, 1.165) is 23.6 Å². The Labute approximate surface area is 84.4 Å². The normalized spacial score (nSPS) is 12.6. The molecule has 4 heteroatoms. The third kappa shape index (κ3) is 2.96. The van der Waals surface area contributed by atoms with Crippen LogP contribution in [0.5, 0.6) is 0 Å². The molecule has 0 aliphatic carbocycles. The van der Waals surface area contributed by atoms with E-state index >= 15 is 0 Å². The van der Waals surface area contributed by atoms with Gasteiger partial charge in [-0.3, -0.25) is 4.98 Å². The molecule has 1 aromatic heterocycles. The van der Waals surface area contributed by atoms with E-state index in [9.17, 15) is 0 Å². The fourth-order valence-electron chi connectivity index (χ4n) is 1.17. The molecule has 0 aromatic carbocycles. The van der Waals surface area contributed by atoms with Crippen LogP contribution < -0.4 is 5.32 Å². The highest BCUT2D eigenvalue weighted by molar-refractivity contribution is 5.40. The zero-order chi connectivity index (χ0) is 10.6. The lowest BCUT2D eigenvalue weighted by molar-refractivity contribution is 0.282. The summed E-state index contributed by atoms with van der Waals surface area (Å²) in [5.74, 6) is 0.811. The van der Waals surface area contributed by atoms with Gasteiger partial charge in [-0.1, -0.05) is 0 Å². The molecule has 0 unspecified atom stereocenters. The first-order valence-electron chi connectivity index (χ1n) is 4.81. The maximum atomic E-state index is 8.76. The van der Waals surface area contributed by atoms with Crippen LogP contribution in [0.25, 0.3) is 0 Å². The number of rotatable bonds is 4. The molecule has 78 valence electrons. The van der Waals surface area contributed by atoms with Crippen molar-refractivity contribution in [1.29, 1.82) is 0 Å². The molecule has 0 aliphatic heterocycles. The molecule has 1 aromatic rings. The number of aromatic nitrogens is 2. The minimum absolute atomic E-state index is 0.187. The van der Waals surface area contributed by atoms with Gasteiger partial charge in [0, 0.05) is 18.8 Å². The molecule has 14 heavy (non-hydrogen) atoms. The molecule has 0 amide bonds. The van der Waals surface area contributed by atoms with Gasteiger partial charge in [0.1, 0.15) is 5.82 Å². The van der Waals surface area contributed by atoms with Gasteiger partial charge < -0.3 is 10.4 Å². The average molecular weight is 195 g/mol. The van der Waals surface area contributed by atoms with E-state index in [0.29, 0.717) is 0 Å². The van der Waals surface area contributed by atoms with Crippen molar-refractivity contribution in [2.45, 2.75) is 33.2 Å². The molecule has 0 radical (unpaired) electrons. The Kier molecular flexibility index (Phi) is 3.83. The summed E-state index contributed by atoms with van der Waals surface area (Å²) in [6.07, 6.45) is 2.46. The first-order valence-corrected chi connectivity index (χ1v) is 4.81. The molecule has 0 spiro atoms. The predicted molar refractivity (Wildman–Crippen MR) is 56.3 cm³/mol. The number of aliphatic hydroxyl groups is 1. The number of hydrogen-bond acceptors (Lipinski definition) is 4. The van der Waals surface area contributed by atoms with E-state index in [1.54, 1.807) is 6.20 Å². The van der Waals surface area contributed by atoms with Gasteiger partial charge in [0.15, 0.2) is 0 Å². The molecule has 1 atom stereocenters. The maximum Gasteiger partial charge on any atom is 0.147 e. The Balaban J connectivity index is 2.70. The van der Waals surface area contributed by atoms with Crippen LogP contribution in [0.1, 0.15) is 24.7 Å². The standard InChI is InChI=1S/C10H17N3O/c1-7(4-5-14)12-10-9(3)11-6-8(2)13-10/h6-7,14H,4-5H2,1-3H3,(H,12,13)/t7-/m0/s1. The second-order valence-corrected chi connectivity index (χ2v) is 3.50. The van der Waals surface area contributed by atoms with Gasteiger partial charge in [-0.05, 0) is 27.2 Å². The summed E-state index contributed by atoms with van der Waals surface area (Å²) in [4.78, 5) is 8.54. The van der Waals surface area contributed by atoms with Gasteiger partial charge in [0.25, 0.3) is 0 Å². The van der Waals surface area contributed by atoms with Crippen LogP contribution in [0.4, 0.5) is 5.82 Å². The average Bonchev–Trinajstić information content (AvgIpc) is 2.12. The molecule has 4 nitrogen and oxygen atoms in total. The molecule has 0 aliphatic rings. The van der Waals surface area contributed by atoms with Gasteiger partial charge in [-0.25, -0.2) is 4.98 Å². The molecule has 0 fully saturated rings. The van der Waals surface area contributed by atoms with Crippen molar-refractivity contribution in [2.24, 2.45) is 0 Å². The highest BCUT2D eigenvalue weighted by Gasteiger charge is 2.05. The zero-order valence-electron chi connectivity index (χ0n) is 8.91. The Bertz CT molecular complexity index is 301. The van der Waals surface area contributed by atoms with Crippen molar-refractivity contribution in [2.75, 3.05) is 11.9 Å². The van der Waals surface area contributed by atoms with Crippen molar-refractivity contribution in [1.82, 2.24) is 9.97 Å². The highest BCUT2D eigenvalue weighted by atomic mass is 16.3. The number of hydrogen-bond donors (Lipinski definition) is 2. The number of nitrogens with one attached hydrogen (secondary N) is 1. The van der Waals surface area contributed by atoms with Crippen molar-refractivity contribution in [3.8, 4) is 0 Å². The minimum atomic E-state index is 0.187. The molecule has 0 bridgehead atoms. The third-order valence-electron chi connectivity index (χ3n) is 2.02. The van der Waals surface area contributed by atoms with Crippen LogP contribution in [0, 0.1) is 13.8 Å². The fourth-order valence-corrected chi connectivity index (χ4v) is 1.17. The quantitative estimate of drug-likeness (QED) is 0.759. The second kappa shape index (κ2) is 4.91. The summed E-state index contributed by atoms with van der Waals surface area (Å²) in [7, 11) is 0. The zero-order valence-corrected chi connectivity index (χ0v) is 8.91. The van der Waals surface area contributed by atoms with Gasteiger partial charge >= 0.3 is 0 Å². The van der Waals surface area contributed by atoms with Crippen LogP contribution in [0.15, 0.2) is 6.20 Å². The molecular formula is C10H17N3O. The Hall–Kier alpha value is -1.16. The molecular weight excluding hydrogens is 178 g/mol. The van der Waals surface area contributed by atoms with Crippen LogP contribution >= 0.6 is 0 Å². The Morgan fingerprint density at radius 3 is 2.86 bits per heavy atom. The molecule has 1 heterocycles. The van der Waals surface area contributed by atoms with Crippen LogP contribution in [-0.2, 0) is 0 Å². The van der Waals surface area contributed by atoms with Crippen molar-refractivity contribution in [3.63, 3.8) is 0 Å². The predicted octanol–water partition coefficient (Wildman–Crippen LogP) is 1.28. The maximum absolute atomic E-state index is 8.76. The lowest BCUT2D eigenvalue weighted by atomic mass is 10.2. The van der Waals surface area contributed by atoms with E-state index in [1.165, 1.54) is 0 Å². The lowest BCUT2D eigenvalue weighted by Gasteiger charge is -2.14. The smallest absolute Gasteiger partial charge is 0.147 e. The summed E-state index contributed by atoms with van der Waals surface area (Å²) in [5.41, 5.74) is 1.79. The van der Waals surface area contributed by atoms with E-state index in [1.807, 2.05) is 20.8 Å². The van der Waals surface area contributed by atoms with E-state index in [2.05, 4.69) is 15.3 Å². The Morgan fingerprint density at radius 2 is 2.21 bits per heavy atom. The molecule has 2 N–H and O–H groups in total. The lowest BCUT2D eigenvalue weighted by Crippen LogP contribution is -2.18. The third-order valence-corrected chi connectivity index (χ3v) is 2.02. The summed E-state index contributed by atoms with van der Waals surface area (Å²) in [6.45, 7) is 6.03. The monoisotopic (exact) mass is 195 g/mol. The summed E-state index contributed by atoms with van der Waals surface area (Å²) in [6, 6.07) is 0.217. The van der Waals surface area contributed by atoms with Crippen LogP contribution in [-0.4, -0.2) is 27.7 Å². The highest BCUT2D eigenvalue weighted by Crippen LogP contribution is 2.10. The number of nitrogens with zero attached hydrogens (tertiary/aromatic N) is 2. The van der Waals surface area contributed by atoms with E-state index in [4.69, 9.17) is 5.11 Å². The molecule has 1 rings (SSSR count). The van der Waals surface area contributed by atoms with Crippen molar-refractivity contribution < 1.29 is 5.11 Å². The first-order chi connectivity index (χ1) is 6.63. The summed E-state index contributed by atoms with van der Waals surface area (Å²) >= 11 is 0. The fraction of sp³-hybridized carbons (Fsp3) is 0.600. The van der Waals surface area contributed by atoms with Crippen molar-refractivity contribution >= 4 is 5.82 Å². The van der Waals surface area contributed by atoms with Crippen molar-refractivity contribution in [3.05, 3.63) is 17.6 Å². The number of aryl methyl sites for hydroxylation is 2. The van der Waals surface area contributed by atoms with Gasteiger partial charge in [-0.2, -0.15) is 0 Å². The van der Waals surface area contributed by atoms with Gasteiger partial charge in [-0.15, -0.1) is 0 Å². The summed E-state index contributed by atoms with van der Waals surface area (Å²) < 4.78 is 0. The SMILES string of the molecule is Cc1cnc(C)c(N[C@@H](C)CCO)n1. The van der Waals surface area contributed by atoms with Crippen LogP contribution in [0.3, 0.4) is 0 Å². The van der Waals surface area contributed by atoms with Gasteiger partial charge in [0.05, 0.1) is 11.4 Å². The minimum Gasteiger partial charge on any atom is -0.396 e.